The molecule has 1 N–H and O–H groups in total. The molecule has 4 nitrogen and oxygen atoms in total. The Morgan fingerprint density at radius 3 is 2.14 bits per heavy atom. The highest BCUT2D eigenvalue weighted by molar-refractivity contribution is 6.42. The molecule has 3 aromatic rings. The number of halogens is 2. The molecular formula is C29H32Cl2N2O2. The van der Waals surface area contributed by atoms with Crippen LogP contribution in [0.15, 0.2) is 72.8 Å². The third kappa shape index (κ3) is 8.12. The summed E-state index contributed by atoms with van der Waals surface area (Å²) in [5.74, 6) is -0.260. The number of carbonyl (C=O) groups excluding carboxylic acids is 2. The molecule has 0 aliphatic rings. The number of nitrogens with one attached hydrogen (secondary N) is 1. The summed E-state index contributed by atoms with van der Waals surface area (Å²) in [5.41, 5.74) is 4.07. The molecule has 0 aliphatic heterocycles. The Labute approximate surface area is 218 Å². The molecule has 0 radical (unpaired) electrons. The number of carbonyl (C=O) groups is 2. The molecule has 6 heteroatoms. The van der Waals surface area contributed by atoms with Crippen LogP contribution in [-0.2, 0) is 29.0 Å². The van der Waals surface area contributed by atoms with Crippen LogP contribution < -0.4 is 5.32 Å². The molecule has 0 aliphatic carbocycles. The molecule has 184 valence electrons. The molecule has 0 aromatic heterocycles. The quantitative estimate of drug-likeness (QED) is 0.343. The highest BCUT2D eigenvalue weighted by Gasteiger charge is 2.30. The van der Waals surface area contributed by atoms with E-state index in [0.29, 0.717) is 29.3 Å². The molecule has 0 bridgehead atoms. The van der Waals surface area contributed by atoms with Gasteiger partial charge in [-0.2, -0.15) is 0 Å². The predicted molar refractivity (Wildman–Crippen MR) is 144 cm³/mol. The molecule has 0 spiro atoms. The molecule has 1 atom stereocenters. The van der Waals surface area contributed by atoms with Gasteiger partial charge in [0.1, 0.15) is 6.04 Å². The summed E-state index contributed by atoms with van der Waals surface area (Å²) in [7, 11) is 0. The molecule has 0 saturated carbocycles. The van der Waals surface area contributed by atoms with Gasteiger partial charge in [-0.1, -0.05) is 89.4 Å². The van der Waals surface area contributed by atoms with E-state index in [1.807, 2.05) is 81.4 Å². The number of hydrogen-bond acceptors (Lipinski definition) is 2. The molecule has 0 saturated heterocycles. The zero-order valence-corrected chi connectivity index (χ0v) is 21.9. The summed E-state index contributed by atoms with van der Waals surface area (Å²) in [6, 6.07) is 22.5. The molecule has 0 fully saturated rings. The largest absolute Gasteiger partial charge is 0.352 e. The Bertz CT molecular complexity index is 1130. The van der Waals surface area contributed by atoms with Crippen molar-refractivity contribution in [1.29, 1.82) is 0 Å². The Kier molecular flexibility index (Phi) is 9.76. The SMILES string of the molecule is Cc1ccc(CCC(=O)N(Cc2ccc(Cl)c(Cl)c2)[C@H](Cc2ccccc2)C(=O)NC(C)C)cc1. The standard InChI is InChI=1S/C29H32Cl2N2O2/c1-20(2)32-29(35)27(18-23-7-5-4-6-8-23)33(19-24-13-15-25(30)26(31)17-24)28(34)16-14-22-11-9-21(3)10-12-22/h4-13,15,17,20,27H,14,16,18-19H2,1-3H3,(H,32,35)/t27-/m1/s1. The highest BCUT2D eigenvalue weighted by atomic mass is 35.5. The molecule has 0 heterocycles. The first-order valence-electron chi connectivity index (χ1n) is 11.9. The minimum Gasteiger partial charge on any atom is -0.352 e. The van der Waals surface area contributed by atoms with E-state index in [4.69, 9.17) is 23.2 Å². The minimum absolute atomic E-state index is 0.0461. The number of rotatable bonds is 10. The number of amides is 2. The summed E-state index contributed by atoms with van der Waals surface area (Å²) in [6.07, 6.45) is 1.31. The average molecular weight is 511 g/mol. The maximum Gasteiger partial charge on any atom is 0.243 e. The Balaban J connectivity index is 1.92. The second kappa shape index (κ2) is 12.8. The van der Waals surface area contributed by atoms with Crippen molar-refractivity contribution < 1.29 is 9.59 Å². The second-order valence-corrected chi connectivity index (χ2v) is 9.94. The number of nitrogens with zero attached hydrogens (tertiary/aromatic N) is 1. The predicted octanol–water partition coefficient (Wildman–Crippen LogP) is 6.40. The van der Waals surface area contributed by atoms with Gasteiger partial charge in [-0.25, -0.2) is 0 Å². The molecule has 3 rings (SSSR count). The van der Waals surface area contributed by atoms with Crippen LogP contribution in [0, 0.1) is 6.92 Å². The van der Waals surface area contributed by atoms with Gasteiger partial charge in [-0.15, -0.1) is 0 Å². The third-order valence-electron chi connectivity index (χ3n) is 5.79. The van der Waals surface area contributed by atoms with Gasteiger partial charge in [0.05, 0.1) is 10.0 Å². The average Bonchev–Trinajstić information content (AvgIpc) is 2.83. The van der Waals surface area contributed by atoms with Crippen LogP contribution in [0.2, 0.25) is 10.0 Å². The van der Waals surface area contributed by atoms with Crippen LogP contribution in [0.1, 0.15) is 42.5 Å². The first kappa shape index (κ1) is 26.8. The van der Waals surface area contributed by atoms with Gasteiger partial charge in [0.15, 0.2) is 0 Å². The van der Waals surface area contributed by atoms with E-state index in [1.54, 1.807) is 17.0 Å². The maximum absolute atomic E-state index is 13.6. The van der Waals surface area contributed by atoms with E-state index in [2.05, 4.69) is 5.32 Å². The first-order valence-corrected chi connectivity index (χ1v) is 12.6. The minimum atomic E-state index is -0.667. The van der Waals surface area contributed by atoms with E-state index in [1.165, 1.54) is 5.56 Å². The smallest absolute Gasteiger partial charge is 0.243 e. The zero-order chi connectivity index (χ0) is 25.4. The van der Waals surface area contributed by atoms with Gasteiger partial charge in [0, 0.05) is 25.4 Å². The molecule has 35 heavy (non-hydrogen) atoms. The van der Waals surface area contributed by atoms with Crippen LogP contribution in [0.3, 0.4) is 0 Å². The molecule has 2 amide bonds. The summed E-state index contributed by atoms with van der Waals surface area (Å²) < 4.78 is 0. The Hall–Kier alpha value is -2.82. The number of benzene rings is 3. The van der Waals surface area contributed by atoms with Gasteiger partial charge in [-0.05, 0) is 56.0 Å². The molecule has 0 unspecified atom stereocenters. The van der Waals surface area contributed by atoms with Gasteiger partial charge in [0.2, 0.25) is 11.8 Å². The lowest BCUT2D eigenvalue weighted by molar-refractivity contribution is -0.141. The van der Waals surface area contributed by atoms with Crippen molar-refractivity contribution in [3.05, 3.63) is 105 Å². The number of hydrogen-bond donors (Lipinski definition) is 1. The molecule has 3 aromatic carbocycles. The van der Waals surface area contributed by atoms with Crippen LogP contribution in [0.25, 0.3) is 0 Å². The van der Waals surface area contributed by atoms with Gasteiger partial charge in [0.25, 0.3) is 0 Å². The molecular weight excluding hydrogens is 479 g/mol. The first-order chi connectivity index (χ1) is 16.7. The lowest BCUT2D eigenvalue weighted by Crippen LogP contribution is -2.51. The Morgan fingerprint density at radius 1 is 0.857 bits per heavy atom. The van der Waals surface area contributed by atoms with Gasteiger partial charge in [-0.3, -0.25) is 9.59 Å². The summed E-state index contributed by atoms with van der Waals surface area (Å²) in [6.45, 7) is 6.13. The fourth-order valence-electron chi connectivity index (χ4n) is 3.92. The van der Waals surface area contributed by atoms with Gasteiger partial charge >= 0.3 is 0 Å². The van der Waals surface area contributed by atoms with Crippen LogP contribution in [0.4, 0.5) is 0 Å². The third-order valence-corrected chi connectivity index (χ3v) is 6.53. The summed E-state index contributed by atoms with van der Waals surface area (Å²) in [5, 5.41) is 3.87. The normalized spacial score (nSPS) is 11.8. The Morgan fingerprint density at radius 2 is 1.51 bits per heavy atom. The lowest BCUT2D eigenvalue weighted by Gasteiger charge is -2.32. The zero-order valence-electron chi connectivity index (χ0n) is 20.4. The topological polar surface area (TPSA) is 49.4 Å². The number of aryl methyl sites for hydroxylation is 2. The summed E-state index contributed by atoms with van der Waals surface area (Å²) >= 11 is 12.4. The van der Waals surface area contributed by atoms with Crippen LogP contribution in [-0.4, -0.2) is 28.8 Å². The monoisotopic (exact) mass is 510 g/mol. The van der Waals surface area contributed by atoms with Crippen molar-refractivity contribution >= 4 is 35.0 Å². The highest BCUT2D eigenvalue weighted by Crippen LogP contribution is 2.25. The summed E-state index contributed by atoms with van der Waals surface area (Å²) in [4.78, 5) is 28.7. The fourth-order valence-corrected chi connectivity index (χ4v) is 4.24. The van der Waals surface area contributed by atoms with Crippen molar-refractivity contribution in [2.24, 2.45) is 0 Å². The van der Waals surface area contributed by atoms with Crippen molar-refractivity contribution in [3.8, 4) is 0 Å². The van der Waals surface area contributed by atoms with Crippen LogP contribution in [0.5, 0.6) is 0 Å². The fraction of sp³-hybridized carbons (Fsp3) is 0.310. The van der Waals surface area contributed by atoms with Gasteiger partial charge < -0.3 is 10.2 Å². The van der Waals surface area contributed by atoms with Crippen LogP contribution >= 0.6 is 23.2 Å². The van der Waals surface area contributed by atoms with Crippen molar-refractivity contribution in [2.75, 3.05) is 0 Å². The van der Waals surface area contributed by atoms with Crippen molar-refractivity contribution in [3.63, 3.8) is 0 Å². The second-order valence-electron chi connectivity index (χ2n) is 9.12. The lowest BCUT2D eigenvalue weighted by atomic mass is 10.0. The van der Waals surface area contributed by atoms with Crippen molar-refractivity contribution in [2.45, 2.75) is 58.7 Å². The maximum atomic E-state index is 13.6. The van der Waals surface area contributed by atoms with E-state index < -0.39 is 6.04 Å². The van der Waals surface area contributed by atoms with E-state index in [-0.39, 0.29) is 24.4 Å². The van der Waals surface area contributed by atoms with Crippen molar-refractivity contribution in [1.82, 2.24) is 10.2 Å². The van der Waals surface area contributed by atoms with E-state index in [0.717, 1.165) is 16.7 Å². The van der Waals surface area contributed by atoms with E-state index >= 15 is 0 Å². The van der Waals surface area contributed by atoms with E-state index in [9.17, 15) is 9.59 Å².